The second-order valence-corrected chi connectivity index (χ2v) is 11.7. The monoisotopic (exact) mass is 639 g/mol. The zero-order valence-corrected chi connectivity index (χ0v) is 26.9. The van der Waals surface area contributed by atoms with E-state index in [2.05, 4.69) is 16.0 Å². The average molecular weight is 640 g/mol. The predicted octanol–water partition coefficient (Wildman–Crippen LogP) is 2.54. The molecule has 11 heteroatoms. The molecule has 0 fully saturated rings. The van der Waals surface area contributed by atoms with Crippen LogP contribution < -0.4 is 16.0 Å². The Kier molecular flexibility index (Phi) is 11.6. The summed E-state index contributed by atoms with van der Waals surface area (Å²) < 4.78 is 1.39. The Hall–Kier alpha value is -5.29. The molecule has 4 rings (SSSR count). The van der Waals surface area contributed by atoms with Crippen molar-refractivity contribution >= 4 is 40.9 Å². The molecule has 4 N–H and O–H groups in total. The first kappa shape index (κ1) is 34.6. The molecule has 246 valence electrons. The molecular weight excluding hydrogens is 598 g/mol. The van der Waals surface area contributed by atoms with E-state index in [9.17, 15) is 29.1 Å². The molecule has 1 aromatic heterocycles. The fourth-order valence-electron chi connectivity index (χ4n) is 5.56. The van der Waals surface area contributed by atoms with E-state index < -0.39 is 42.0 Å². The van der Waals surface area contributed by atoms with Crippen LogP contribution in [0.2, 0.25) is 0 Å². The molecule has 0 saturated carbocycles. The first-order chi connectivity index (χ1) is 22.5. The van der Waals surface area contributed by atoms with Gasteiger partial charge in [0.2, 0.25) is 30.0 Å². The van der Waals surface area contributed by atoms with Gasteiger partial charge in [0.15, 0.2) is 0 Å². The van der Waals surface area contributed by atoms with Crippen molar-refractivity contribution in [1.29, 1.82) is 0 Å². The van der Waals surface area contributed by atoms with Crippen LogP contribution in [0.25, 0.3) is 10.9 Å². The van der Waals surface area contributed by atoms with Crippen molar-refractivity contribution in [2.24, 2.45) is 0 Å². The average Bonchev–Trinajstić information content (AvgIpc) is 3.43. The number of likely N-dealkylation sites (N-methyl/N-ethyl adjacent to an activating group) is 1. The first-order valence-electron chi connectivity index (χ1n) is 15.4. The number of rotatable bonds is 14. The van der Waals surface area contributed by atoms with Gasteiger partial charge in [-0.3, -0.25) is 28.5 Å². The van der Waals surface area contributed by atoms with Crippen LogP contribution in [0.4, 0.5) is 0 Å². The molecular formula is C36H41N5O6. The number of nitrogens with zero attached hydrogens (tertiary/aromatic N) is 2. The SMILES string of the molecule is CC(=O)N[C@H](C(=O)N[C@H](Cc1cn(C=O)c2ccccc12)C(=O)N[C@@H](Cc1ccccc1)C(=O)N(C)[C@@H](C)c1ccccc1)[C@@H](C)O. The van der Waals surface area contributed by atoms with E-state index in [1.54, 1.807) is 42.4 Å². The van der Waals surface area contributed by atoms with Crippen molar-refractivity contribution < 1.29 is 29.1 Å². The van der Waals surface area contributed by atoms with Gasteiger partial charge in [0.1, 0.15) is 18.1 Å². The highest BCUT2D eigenvalue weighted by atomic mass is 16.3. The Morgan fingerprint density at radius 2 is 1.40 bits per heavy atom. The fraction of sp³-hybridized carbons (Fsp3) is 0.306. The van der Waals surface area contributed by atoms with E-state index in [-0.39, 0.29) is 24.8 Å². The number of amides is 4. The van der Waals surface area contributed by atoms with Gasteiger partial charge in [-0.15, -0.1) is 0 Å². The maximum Gasteiger partial charge on any atom is 0.245 e. The van der Waals surface area contributed by atoms with Gasteiger partial charge in [-0.05, 0) is 36.6 Å². The molecule has 4 amide bonds. The van der Waals surface area contributed by atoms with Crippen LogP contribution in [-0.4, -0.2) is 75.9 Å². The number of hydrogen-bond acceptors (Lipinski definition) is 6. The van der Waals surface area contributed by atoms with E-state index in [4.69, 9.17) is 0 Å². The van der Waals surface area contributed by atoms with Gasteiger partial charge >= 0.3 is 0 Å². The van der Waals surface area contributed by atoms with Crippen molar-refractivity contribution in [3.8, 4) is 0 Å². The Bertz CT molecular complexity index is 1700. The number of aliphatic hydroxyl groups is 1. The molecule has 11 nitrogen and oxygen atoms in total. The van der Waals surface area contributed by atoms with Gasteiger partial charge < -0.3 is 26.0 Å². The van der Waals surface area contributed by atoms with Gasteiger partial charge in [-0.2, -0.15) is 0 Å². The molecule has 4 aromatic rings. The Balaban J connectivity index is 1.68. The number of aromatic nitrogens is 1. The minimum atomic E-state index is -1.33. The largest absolute Gasteiger partial charge is 0.391 e. The minimum absolute atomic E-state index is 0.0476. The van der Waals surface area contributed by atoms with E-state index in [0.29, 0.717) is 22.9 Å². The van der Waals surface area contributed by atoms with E-state index in [1.165, 1.54) is 18.4 Å². The number of benzene rings is 3. The number of fused-ring (bicyclic) bond motifs is 1. The molecule has 0 aliphatic carbocycles. The van der Waals surface area contributed by atoms with Crippen molar-refractivity contribution in [1.82, 2.24) is 25.4 Å². The van der Waals surface area contributed by atoms with E-state index >= 15 is 0 Å². The van der Waals surface area contributed by atoms with E-state index in [0.717, 1.165) is 11.1 Å². The Labute approximate surface area is 273 Å². The van der Waals surface area contributed by atoms with Crippen molar-refractivity contribution in [2.75, 3.05) is 7.05 Å². The second-order valence-electron chi connectivity index (χ2n) is 11.7. The standard InChI is InChI=1S/C36H41N5O6/c1-23(27-15-9-6-10-16-27)40(4)36(47)31(19-26-13-7-5-8-14-26)39-34(45)30(38-35(46)33(24(2)43)37-25(3)44)20-28-21-41(22-42)32-18-12-11-17-29(28)32/h5-18,21-24,30-31,33,43H,19-20H2,1-4H3,(H,37,44)(H,38,46)(H,39,45)/t23-,24+,30+,31-,33-/m0/s1. The fourth-order valence-corrected chi connectivity index (χ4v) is 5.56. The molecule has 0 spiro atoms. The maximum atomic E-state index is 14.2. The van der Waals surface area contributed by atoms with Gasteiger partial charge in [-0.1, -0.05) is 78.9 Å². The van der Waals surface area contributed by atoms with Gasteiger partial charge in [0, 0.05) is 38.4 Å². The lowest BCUT2D eigenvalue weighted by Gasteiger charge is -2.31. The third-order valence-electron chi connectivity index (χ3n) is 8.23. The number of hydrogen-bond donors (Lipinski definition) is 4. The summed E-state index contributed by atoms with van der Waals surface area (Å²) >= 11 is 0. The third-order valence-corrected chi connectivity index (χ3v) is 8.23. The number of carbonyl (C=O) groups excluding carboxylic acids is 5. The van der Waals surface area contributed by atoms with Crippen LogP contribution in [-0.2, 0) is 36.8 Å². The molecule has 0 unspecified atom stereocenters. The van der Waals surface area contributed by atoms with Crippen molar-refractivity contribution in [3.05, 3.63) is 108 Å². The lowest BCUT2D eigenvalue weighted by Crippen LogP contribution is -2.59. The Morgan fingerprint density at radius 1 is 0.809 bits per heavy atom. The van der Waals surface area contributed by atoms with E-state index in [1.807, 2.05) is 67.6 Å². The quantitative estimate of drug-likeness (QED) is 0.156. The summed E-state index contributed by atoms with van der Waals surface area (Å²) in [4.78, 5) is 66.8. The summed E-state index contributed by atoms with van der Waals surface area (Å²) in [5.41, 5.74) is 2.96. The number of aliphatic hydroxyl groups excluding tert-OH is 1. The highest BCUT2D eigenvalue weighted by Crippen LogP contribution is 2.23. The summed E-state index contributed by atoms with van der Waals surface area (Å²) in [6.45, 7) is 4.47. The zero-order chi connectivity index (χ0) is 34.1. The summed E-state index contributed by atoms with van der Waals surface area (Å²) in [6, 6.07) is 22.1. The van der Waals surface area contributed by atoms with Crippen LogP contribution in [0.3, 0.4) is 0 Å². The summed E-state index contributed by atoms with van der Waals surface area (Å²) in [5.74, 6) is -2.30. The van der Waals surface area contributed by atoms with Crippen molar-refractivity contribution in [2.45, 2.75) is 63.9 Å². The summed E-state index contributed by atoms with van der Waals surface area (Å²) in [7, 11) is 1.68. The molecule has 0 saturated heterocycles. The molecule has 0 bridgehead atoms. The number of para-hydroxylation sites is 1. The highest BCUT2D eigenvalue weighted by Gasteiger charge is 2.33. The second kappa shape index (κ2) is 15.8. The van der Waals surface area contributed by atoms with Crippen LogP contribution in [0.1, 0.15) is 43.5 Å². The molecule has 0 radical (unpaired) electrons. The molecule has 5 atom stereocenters. The summed E-state index contributed by atoms with van der Waals surface area (Å²) in [5, 5.41) is 19.0. The van der Waals surface area contributed by atoms with Crippen LogP contribution >= 0.6 is 0 Å². The normalized spacial score (nSPS) is 14.2. The molecule has 47 heavy (non-hydrogen) atoms. The van der Waals surface area contributed by atoms with Crippen LogP contribution in [0.5, 0.6) is 0 Å². The maximum absolute atomic E-state index is 14.2. The first-order valence-corrected chi connectivity index (χ1v) is 15.4. The van der Waals surface area contributed by atoms with Gasteiger partial charge in [0.05, 0.1) is 17.7 Å². The van der Waals surface area contributed by atoms with Gasteiger partial charge in [0.25, 0.3) is 0 Å². The van der Waals surface area contributed by atoms with Crippen molar-refractivity contribution in [3.63, 3.8) is 0 Å². The lowest BCUT2D eigenvalue weighted by atomic mass is 10.00. The minimum Gasteiger partial charge on any atom is -0.391 e. The van der Waals surface area contributed by atoms with Crippen LogP contribution in [0.15, 0.2) is 91.1 Å². The zero-order valence-electron chi connectivity index (χ0n) is 26.9. The summed E-state index contributed by atoms with van der Waals surface area (Å²) in [6.07, 6.45) is 1.11. The molecule has 3 aromatic carbocycles. The number of nitrogens with one attached hydrogen (secondary N) is 3. The lowest BCUT2D eigenvalue weighted by molar-refractivity contribution is -0.138. The highest BCUT2D eigenvalue weighted by molar-refractivity contribution is 5.95. The molecule has 0 aliphatic heterocycles. The number of carbonyl (C=O) groups is 5. The molecule has 1 heterocycles. The third kappa shape index (κ3) is 8.71. The topological polar surface area (TPSA) is 150 Å². The molecule has 0 aliphatic rings. The van der Waals surface area contributed by atoms with Gasteiger partial charge in [-0.25, -0.2) is 0 Å². The smallest absolute Gasteiger partial charge is 0.245 e. The Morgan fingerprint density at radius 3 is 2.02 bits per heavy atom. The van der Waals surface area contributed by atoms with Crippen LogP contribution in [0, 0.1) is 0 Å². The predicted molar refractivity (Wildman–Crippen MR) is 179 cm³/mol.